The Morgan fingerprint density at radius 2 is 1.83 bits per heavy atom. The molecule has 0 aliphatic carbocycles. The van der Waals surface area contributed by atoms with Gasteiger partial charge in [0.15, 0.2) is 0 Å². The Hall–Kier alpha value is -2.12. The third kappa shape index (κ3) is 4.04. The lowest BCUT2D eigenvalue weighted by Gasteiger charge is -2.15. The van der Waals surface area contributed by atoms with Crippen LogP contribution in [-0.2, 0) is 10.0 Å². The minimum Gasteiger partial charge on any atom is -0.342 e. The number of hydrogen-bond acceptors (Lipinski definition) is 3. The van der Waals surface area contributed by atoms with Crippen LogP contribution in [0.3, 0.4) is 0 Å². The molecule has 2 aromatic carbocycles. The van der Waals surface area contributed by atoms with Crippen LogP contribution in [0.4, 0.5) is 10.1 Å². The monoisotopic (exact) mass is 370 g/mol. The summed E-state index contributed by atoms with van der Waals surface area (Å²) in [6.07, 6.45) is 0. The van der Waals surface area contributed by atoms with Crippen molar-refractivity contribution in [3.05, 3.63) is 58.9 Å². The number of amides is 1. The van der Waals surface area contributed by atoms with E-state index in [9.17, 15) is 17.6 Å². The molecule has 5 nitrogen and oxygen atoms in total. The Kier molecular flexibility index (Phi) is 5.46. The highest BCUT2D eigenvalue weighted by atomic mass is 35.5. The lowest BCUT2D eigenvalue weighted by Crippen LogP contribution is -2.26. The molecule has 0 aliphatic rings. The molecule has 0 radical (unpaired) electrons. The van der Waals surface area contributed by atoms with Crippen molar-refractivity contribution in [3.63, 3.8) is 0 Å². The standard InChI is InChI=1S/C16H16ClFN2O3S/c1-3-20(2)16(21)11-4-6-12(7-5-11)19-24(22,23)13-8-9-15(18)14(17)10-13/h4-10,19H,3H2,1-2H3. The summed E-state index contributed by atoms with van der Waals surface area (Å²) in [5.74, 6) is -0.851. The molecule has 0 bridgehead atoms. The highest BCUT2D eigenvalue weighted by Crippen LogP contribution is 2.22. The van der Waals surface area contributed by atoms with E-state index in [1.165, 1.54) is 24.3 Å². The maximum atomic E-state index is 13.1. The molecule has 0 saturated heterocycles. The van der Waals surface area contributed by atoms with E-state index in [-0.39, 0.29) is 21.5 Å². The van der Waals surface area contributed by atoms with Crippen molar-refractivity contribution in [1.82, 2.24) is 4.90 Å². The largest absolute Gasteiger partial charge is 0.342 e. The van der Waals surface area contributed by atoms with E-state index < -0.39 is 15.8 Å². The number of carbonyl (C=O) groups excluding carboxylic acids is 1. The maximum absolute atomic E-state index is 13.1. The number of anilines is 1. The van der Waals surface area contributed by atoms with Crippen LogP contribution in [-0.4, -0.2) is 32.8 Å². The minimum absolute atomic E-state index is 0.153. The molecule has 8 heteroatoms. The molecule has 0 spiro atoms. The number of nitrogens with zero attached hydrogens (tertiary/aromatic N) is 1. The summed E-state index contributed by atoms with van der Waals surface area (Å²) < 4.78 is 40.0. The van der Waals surface area contributed by atoms with Crippen molar-refractivity contribution in [3.8, 4) is 0 Å². The highest BCUT2D eigenvalue weighted by molar-refractivity contribution is 7.92. The molecule has 24 heavy (non-hydrogen) atoms. The Morgan fingerprint density at radius 1 is 1.21 bits per heavy atom. The van der Waals surface area contributed by atoms with Crippen LogP contribution in [0.25, 0.3) is 0 Å². The summed E-state index contributed by atoms with van der Waals surface area (Å²) in [7, 11) is -2.23. The van der Waals surface area contributed by atoms with Crippen molar-refractivity contribution in [2.45, 2.75) is 11.8 Å². The van der Waals surface area contributed by atoms with E-state index in [4.69, 9.17) is 11.6 Å². The summed E-state index contributed by atoms with van der Waals surface area (Å²) in [6, 6.07) is 9.18. The summed E-state index contributed by atoms with van der Waals surface area (Å²) in [5.41, 5.74) is 0.735. The summed E-state index contributed by atoms with van der Waals surface area (Å²) >= 11 is 5.61. The van der Waals surface area contributed by atoms with Gasteiger partial charge in [0, 0.05) is 24.8 Å². The number of benzene rings is 2. The minimum atomic E-state index is -3.90. The van der Waals surface area contributed by atoms with Gasteiger partial charge >= 0.3 is 0 Å². The Bertz CT molecular complexity index is 854. The molecule has 0 fully saturated rings. The first-order valence-electron chi connectivity index (χ1n) is 7.08. The predicted octanol–water partition coefficient (Wildman–Crippen LogP) is 3.37. The molecule has 2 aromatic rings. The van der Waals surface area contributed by atoms with Gasteiger partial charge in [-0.1, -0.05) is 11.6 Å². The fourth-order valence-electron chi connectivity index (χ4n) is 1.90. The number of hydrogen-bond donors (Lipinski definition) is 1. The molecular formula is C16H16ClFN2O3S. The van der Waals surface area contributed by atoms with Crippen molar-refractivity contribution in [2.75, 3.05) is 18.3 Å². The molecule has 128 valence electrons. The molecular weight excluding hydrogens is 355 g/mol. The highest BCUT2D eigenvalue weighted by Gasteiger charge is 2.17. The molecule has 0 saturated carbocycles. The van der Waals surface area contributed by atoms with Crippen LogP contribution in [0, 0.1) is 5.82 Å². The van der Waals surface area contributed by atoms with Gasteiger partial charge in [-0.25, -0.2) is 12.8 Å². The quantitative estimate of drug-likeness (QED) is 0.877. The molecule has 0 aliphatic heterocycles. The van der Waals surface area contributed by atoms with Crippen LogP contribution in [0.1, 0.15) is 17.3 Å². The van der Waals surface area contributed by atoms with Crippen molar-refractivity contribution in [2.24, 2.45) is 0 Å². The van der Waals surface area contributed by atoms with Crippen LogP contribution in [0.15, 0.2) is 47.4 Å². The van der Waals surface area contributed by atoms with Crippen LogP contribution in [0.2, 0.25) is 5.02 Å². The predicted molar refractivity (Wildman–Crippen MR) is 91.3 cm³/mol. The maximum Gasteiger partial charge on any atom is 0.261 e. The SMILES string of the molecule is CCN(C)C(=O)c1ccc(NS(=O)(=O)c2ccc(F)c(Cl)c2)cc1. The Balaban J connectivity index is 2.21. The lowest BCUT2D eigenvalue weighted by molar-refractivity contribution is 0.0802. The number of halogens is 2. The van der Waals surface area contributed by atoms with E-state index in [1.54, 1.807) is 11.9 Å². The molecule has 0 aromatic heterocycles. The van der Waals surface area contributed by atoms with E-state index in [0.29, 0.717) is 12.1 Å². The second kappa shape index (κ2) is 7.19. The Labute approximate surface area is 145 Å². The first kappa shape index (κ1) is 18.2. The van der Waals surface area contributed by atoms with Gasteiger partial charge in [0.05, 0.1) is 9.92 Å². The lowest BCUT2D eigenvalue weighted by atomic mass is 10.2. The van der Waals surface area contributed by atoms with Gasteiger partial charge in [-0.3, -0.25) is 9.52 Å². The first-order chi connectivity index (χ1) is 11.2. The average Bonchev–Trinajstić information content (AvgIpc) is 2.56. The van der Waals surface area contributed by atoms with Gasteiger partial charge in [-0.2, -0.15) is 0 Å². The molecule has 2 rings (SSSR count). The number of rotatable bonds is 5. The normalized spacial score (nSPS) is 11.2. The van der Waals surface area contributed by atoms with Gasteiger partial charge in [0.2, 0.25) is 0 Å². The summed E-state index contributed by atoms with van der Waals surface area (Å²) in [4.78, 5) is 13.4. The van der Waals surface area contributed by atoms with Gasteiger partial charge in [0.25, 0.3) is 15.9 Å². The van der Waals surface area contributed by atoms with E-state index in [0.717, 1.165) is 18.2 Å². The molecule has 0 atom stereocenters. The van der Waals surface area contributed by atoms with E-state index in [2.05, 4.69) is 4.72 Å². The van der Waals surface area contributed by atoms with Crippen LogP contribution in [0.5, 0.6) is 0 Å². The smallest absolute Gasteiger partial charge is 0.261 e. The zero-order valence-corrected chi connectivity index (χ0v) is 14.7. The van der Waals surface area contributed by atoms with E-state index >= 15 is 0 Å². The molecule has 1 N–H and O–H groups in total. The summed E-state index contributed by atoms with van der Waals surface area (Å²) in [6.45, 7) is 2.42. The van der Waals surface area contributed by atoms with Crippen LogP contribution < -0.4 is 4.72 Å². The van der Waals surface area contributed by atoms with Gasteiger partial charge in [-0.15, -0.1) is 0 Å². The zero-order valence-electron chi connectivity index (χ0n) is 13.1. The molecule has 1 amide bonds. The van der Waals surface area contributed by atoms with E-state index in [1.807, 2.05) is 6.92 Å². The van der Waals surface area contributed by atoms with Crippen molar-refractivity contribution >= 4 is 33.2 Å². The third-order valence-electron chi connectivity index (χ3n) is 3.41. The molecule has 0 heterocycles. The van der Waals surface area contributed by atoms with Crippen molar-refractivity contribution < 1.29 is 17.6 Å². The van der Waals surface area contributed by atoms with Gasteiger partial charge < -0.3 is 4.90 Å². The number of carbonyl (C=O) groups is 1. The third-order valence-corrected chi connectivity index (χ3v) is 5.08. The summed E-state index contributed by atoms with van der Waals surface area (Å²) in [5, 5.41) is -0.276. The second-order valence-corrected chi connectivity index (χ2v) is 7.17. The van der Waals surface area contributed by atoms with Gasteiger partial charge in [-0.05, 0) is 49.4 Å². The van der Waals surface area contributed by atoms with Crippen LogP contribution >= 0.6 is 11.6 Å². The zero-order chi connectivity index (χ0) is 17.9. The number of nitrogens with one attached hydrogen (secondary N) is 1. The Morgan fingerprint density at radius 3 is 2.38 bits per heavy atom. The topological polar surface area (TPSA) is 66.5 Å². The number of sulfonamides is 1. The molecule has 0 unspecified atom stereocenters. The fraction of sp³-hybridized carbons (Fsp3) is 0.188. The first-order valence-corrected chi connectivity index (χ1v) is 8.94. The van der Waals surface area contributed by atoms with Gasteiger partial charge in [0.1, 0.15) is 5.82 Å². The van der Waals surface area contributed by atoms with Crippen molar-refractivity contribution in [1.29, 1.82) is 0 Å². The average molecular weight is 371 g/mol. The fourth-order valence-corrected chi connectivity index (χ4v) is 3.23. The second-order valence-electron chi connectivity index (χ2n) is 5.08.